The molecule has 1 aromatic rings. The number of benzene rings is 1. The molecule has 0 amide bonds. The summed E-state index contributed by atoms with van der Waals surface area (Å²) >= 11 is 0. The van der Waals surface area contributed by atoms with E-state index >= 15 is 0 Å². The lowest BCUT2D eigenvalue weighted by Crippen LogP contribution is -2.05. The summed E-state index contributed by atoms with van der Waals surface area (Å²) in [6.07, 6.45) is 0. The number of phenols is 1. The van der Waals surface area contributed by atoms with Crippen LogP contribution in [-0.2, 0) is 0 Å². The molecule has 3 N–H and O–H groups in total. The third-order valence-electron chi connectivity index (χ3n) is 1.74. The Morgan fingerprint density at radius 1 is 1.46 bits per heavy atom. The lowest BCUT2D eigenvalue weighted by Gasteiger charge is -2.10. The van der Waals surface area contributed by atoms with Gasteiger partial charge in [-0.15, -0.1) is 12.4 Å². The Bertz CT molecular complexity index is 276. The molecule has 0 bridgehead atoms. The van der Waals surface area contributed by atoms with Gasteiger partial charge in [0.2, 0.25) is 0 Å². The minimum Gasteiger partial charge on any atom is -0.504 e. The molecule has 3 nitrogen and oxygen atoms in total. The van der Waals surface area contributed by atoms with Crippen molar-refractivity contribution in [1.82, 2.24) is 0 Å². The molecule has 74 valence electrons. The summed E-state index contributed by atoms with van der Waals surface area (Å²) < 4.78 is 4.93. The predicted octanol–water partition coefficient (Wildman–Crippen LogP) is 1.84. The van der Waals surface area contributed by atoms with E-state index in [9.17, 15) is 5.11 Å². The summed E-state index contributed by atoms with van der Waals surface area (Å²) in [5.41, 5.74) is 6.33. The van der Waals surface area contributed by atoms with E-state index in [0.29, 0.717) is 11.3 Å². The molecule has 1 aromatic carbocycles. The van der Waals surface area contributed by atoms with Crippen molar-refractivity contribution < 1.29 is 9.84 Å². The second kappa shape index (κ2) is 4.94. The van der Waals surface area contributed by atoms with Crippen LogP contribution in [0.2, 0.25) is 0 Å². The summed E-state index contributed by atoms with van der Waals surface area (Å²) in [5.74, 6) is 0.597. The van der Waals surface area contributed by atoms with Crippen LogP contribution in [0.15, 0.2) is 18.2 Å². The molecule has 0 spiro atoms. The number of aromatic hydroxyl groups is 1. The van der Waals surface area contributed by atoms with Crippen LogP contribution in [-0.4, -0.2) is 12.2 Å². The monoisotopic (exact) mass is 203 g/mol. The van der Waals surface area contributed by atoms with Gasteiger partial charge in [-0.3, -0.25) is 0 Å². The standard InChI is InChI=1S/C9H13NO2.ClH/c1-6(10)7-4-3-5-8(12-2)9(7)11;/h3-6,11H,10H2,1-2H3;1H/t6-;/m0./s1. The highest BCUT2D eigenvalue weighted by atomic mass is 35.5. The molecule has 0 aliphatic carbocycles. The Labute approximate surface area is 83.9 Å². The number of hydrogen-bond acceptors (Lipinski definition) is 3. The number of para-hydroxylation sites is 1. The molecule has 0 heterocycles. The zero-order valence-electron chi connectivity index (χ0n) is 7.65. The smallest absolute Gasteiger partial charge is 0.162 e. The van der Waals surface area contributed by atoms with E-state index in [-0.39, 0.29) is 24.2 Å². The number of halogens is 1. The van der Waals surface area contributed by atoms with E-state index in [0.717, 1.165) is 0 Å². The number of hydrogen-bond donors (Lipinski definition) is 2. The van der Waals surface area contributed by atoms with Crippen molar-refractivity contribution in [2.24, 2.45) is 5.73 Å². The number of phenolic OH excluding ortho intramolecular Hbond substituents is 1. The van der Waals surface area contributed by atoms with E-state index in [4.69, 9.17) is 10.5 Å². The highest BCUT2D eigenvalue weighted by Gasteiger charge is 2.09. The van der Waals surface area contributed by atoms with Gasteiger partial charge in [-0.05, 0) is 13.0 Å². The molecule has 0 unspecified atom stereocenters. The highest BCUT2D eigenvalue weighted by Crippen LogP contribution is 2.32. The fourth-order valence-corrected chi connectivity index (χ4v) is 1.07. The van der Waals surface area contributed by atoms with Crippen LogP contribution in [0.25, 0.3) is 0 Å². The van der Waals surface area contributed by atoms with E-state index in [1.807, 2.05) is 6.92 Å². The summed E-state index contributed by atoms with van der Waals surface area (Å²) in [7, 11) is 1.51. The lowest BCUT2D eigenvalue weighted by molar-refractivity contribution is 0.369. The Hall–Kier alpha value is -0.930. The number of ether oxygens (including phenoxy) is 1. The van der Waals surface area contributed by atoms with Crippen molar-refractivity contribution in [2.75, 3.05) is 7.11 Å². The van der Waals surface area contributed by atoms with Gasteiger partial charge in [0.25, 0.3) is 0 Å². The molecule has 0 aliphatic heterocycles. The van der Waals surface area contributed by atoms with Gasteiger partial charge in [0.1, 0.15) is 0 Å². The molecule has 0 aromatic heterocycles. The minimum atomic E-state index is -0.180. The van der Waals surface area contributed by atoms with Crippen molar-refractivity contribution in [2.45, 2.75) is 13.0 Å². The van der Waals surface area contributed by atoms with Crippen LogP contribution in [0.3, 0.4) is 0 Å². The van der Waals surface area contributed by atoms with Gasteiger partial charge in [-0.2, -0.15) is 0 Å². The first kappa shape index (κ1) is 12.1. The first-order valence-corrected chi connectivity index (χ1v) is 3.78. The molecular weight excluding hydrogens is 190 g/mol. The highest BCUT2D eigenvalue weighted by molar-refractivity contribution is 5.85. The van der Waals surface area contributed by atoms with E-state index in [2.05, 4.69) is 0 Å². The zero-order valence-corrected chi connectivity index (χ0v) is 8.47. The molecule has 0 aliphatic rings. The van der Waals surface area contributed by atoms with Gasteiger partial charge in [-0.25, -0.2) is 0 Å². The van der Waals surface area contributed by atoms with Crippen molar-refractivity contribution >= 4 is 12.4 Å². The van der Waals surface area contributed by atoms with Crippen LogP contribution in [0.5, 0.6) is 11.5 Å². The van der Waals surface area contributed by atoms with Crippen LogP contribution in [0.4, 0.5) is 0 Å². The Kier molecular flexibility index (Phi) is 4.59. The first-order valence-electron chi connectivity index (χ1n) is 3.78. The molecule has 0 fully saturated rings. The predicted molar refractivity (Wildman–Crippen MR) is 54.5 cm³/mol. The van der Waals surface area contributed by atoms with Gasteiger partial charge in [0.15, 0.2) is 11.5 Å². The summed E-state index contributed by atoms with van der Waals surface area (Å²) in [6.45, 7) is 1.81. The fourth-order valence-electron chi connectivity index (χ4n) is 1.07. The topological polar surface area (TPSA) is 55.5 Å². The number of methoxy groups -OCH3 is 1. The third kappa shape index (κ3) is 2.50. The molecule has 0 saturated carbocycles. The van der Waals surface area contributed by atoms with Crippen LogP contribution >= 0.6 is 12.4 Å². The quantitative estimate of drug-likeness (QED) is 0.771. The van der Waals surface area contributed by atoms with E-state index in [1.54, 1.807) is 18.2 Å². The Morgan fingerprint density at radius 2 is 2.08 bits per heavy atom. The van der Waals surface area contributed by atoms with Gasteiger partial charge in [0, 0.05) is 11.6 Å². The van der Waals surface area contributed by atoms with Gasteiger partial charge < -0.3 is 15.6 Å². The van der Waals surface area contributed by atoms with Gasteiger partial charge >= 0.3 is 0 Å². The number of rotatable bonds is 2. The average molecular weight is 204 g/mol. The van der Waals surface area contributed by atoms with Crippen molar-refractivity contribution in [3.63, 3.8) is 0 Å². The first-order chi connectivity index (χ1) is 5.66. The summed E-state index contributed by atoms with van der Waals surface area (Å²) in [4.78, 5) is 0. The molecule has 0 radical (unpaired) electrons. The Balaban J connectivity index is 0.00000144. The normalized spacial score (nSPS) is 11.6. The number of nitrogens with two attached hydrogens (primary N) is 1. The largest absolute Gasteiger partial charge is 0.504 e. The van der Waals surface area contributed by atoms with Crippen LogP contribution in [0, 0.1) is 0 Å². The van der Waals surface area contributed by atoms with E-state index in [1.165, 1.54) is 7.11 Å². The Morgan fingerprint density at radius 3 is 2.54 bits per heavy atom. The molecule has 4 heteroatoms. The summed E-state index contributed by atoms with van der Waals surface area (Å²) in [5, 5.41) is 9.55. The summed E-state index contributed by atoms with van der Waals surface area (Å²) in [6, 6.07) is 5.10. The maximum Gasteiger partial charge on any atom is 0.162 e. The molecular formula is C9H14ClNO2. The van der Waals surface area contributed by atoms with Crippen LogP contribution in [0.1, 0.15) is 18.5 Å². The molecule has 1 rings (SSSR count). The second-order valence-electron chi connectivity index (χ2n) is 2.69. The average Bonchev–Trinajstić information content (AvgIpc) is 2.04. The molecule has 1 atom stereocenters. The van der Waals surface area contributed by atoms with E-state index < -0.39 is 0 Å². The fraction of sp³-hybridized carbons (Fsp3) is 0.333. The van der Waals surface area contributed by atoms with Crippen molar-refractivity contribution in [3.8, 4) is 11.5 Å². The van der Waals surface area contributed by atoms with Gasteiger partial charge in [-0.1, -0.05) is 12.1 Å². The minimum absolute atomic E-state index is 0. The SMILES string of the molecule is COc1cccc([C@H](C)N)c1O.Cl. The maximum atomic E-state index is 9.55. The zero-order chi connectivity index (χ0) is 9.14. The maximum absolute atomic E-state index is 9.55. The lowest BCUT2D eigenvalue weighted by atomic mass is 10.1. The molecule has 13 heavy (non-hydrogen) atoms. The second-order valence-corrected chi connectivity index (χ2v) is 2.69. The van der Waals surface area contributed by atoms with Crippen molar-refractivity contribution in [3.05, 3.63) is 23.8 Å². The third-order valence-corrected chi connectivity index (χ3v) is 1.74. The van der Waals surface area contributed by atoms with Gasteiger partial charge in [0.05, 0.1) is 7.11 Å². The molecule has 0 saturated heterocycles. The van der Waals surface area contributed by atoms with Crippen molar-refractivity contribution in [1.29, 1.82) is 0 Å². The van der Waals surface area contributed by atoms with Crippen LogP contribution < -0.4 is 10.5 Å².